The van der Waals surface area contributed by atoms with Gasteiger partial charge < -0.3 is 16.0 Å². The zero-order valence-electron chi connectivity index (χ0n) is 38.5. The van der Waals surface area contributed by atoms with E-state index in [1.165, 1.54) is 38.9 Å². The summed E-state index contributed by atoms with van der Waals surface area (Å²) in [5.41, 5.74) is 2.58. The molecule has 3 aromatic carbocycles. The molecular weight excluding hydrogens is 964 g/mol. The lowest BCUT2D eigenvalue weighted by Crippen LogP contribution is -2.26. The number of halogens is 9. The van der Waals surface area contributed by atoms with Gasteiger partial charge in [-0.15, -0.1) is 34.0 Å². The number of rotatable bonds is 10. The monoisotopic (exact) mass is 1020 g/mol. The molecule has 6 nitrogen and oxygen atoms in total. The van der Waals surface area contributed by atoms with Crippen molar-refractivity contribution in [3.05, 3.63) is 153 Å². The molecule has 3 aromatic heterocycles. The molecule has 372 valence electrons. The first-order valence-electron chi connectivity index (χ1n) is 23.4. The van der Waals surface area contributed by atoms with Crippen LogP contribution in [0.15, 0.2) is 79.0 Å². The number of alkyl halides is 9. The van der Waals surface area contributed by atoms with Crippen molar-refractivity contribution in [2.45, 2.75) is 114 Å². The summed E-state index contributed by atoms with van der Waals surface area (Å²) in [4.78, 5) is 17.7. The normalized spacial score (nSPS) is 16.7. The minimum Gasteiger partial charge on any atom is -0.317 e. The zero-order valence-corrected chi connectivity index (χ0v) is 41.0. The van der Waals surface area contributed by atoms with E-state index < -0.39 is 35.2 Å². The van der Waals surface area contributed by atoms with E-state index in [-0.39, 0.29) is 0 Å². The second kappa shape index (κ2) is 23.8. The van der Waals surface area contributed by atoms with Gasteiger partial charge >= 0.3 is 18.5 Å². The van der Waals surface area contributed by atoms with Crippen LogP contribution in [0.1, 0.15) is 138 Å². The molecule has 0 unspecified atom stereocenters. The highest BCUT2D eigenvalue weighted by molar-refractivity contribution is 7.12. The summed E-state index contributed by atoms with van der Waals surface area (Å²) in [5.74, 6) is 1.64. The van der Waals surface area contributed by atoms with E-state index in [4.69, 9.17) is 4.98 Å². The SMILES string of the molecule is CCc1nc(Cc2ccc(C(F)(F)F)cc2)sc1C1CCNCC1.Cc1nc(Cc2cccc(C(F)(F)F)c2)sc1C1CCNCC1.FC(F)(F)c1cccc(Cc2ncc(C3CCNCC3)s2)c1. The fourth-order valence-corrected chi connectivity index (χ4v) is 12.7. The second-order valence-electron chi connectivity index (χ2n) is 17.7. The van der Waals surface area contributed by atoms with E-state index in [1.807, 2.05) is 13.1 Å². The molecule has 6 aromatic rings. The van der Waals surface area contributed by atoms with Gasteiger partial charge in [0.2, 0.25) is 0 Å². The van der Waals surface area contributed by atoms with E-state index in [0.29, 0.717) is 48.1 Å². The van der Waals surface area contributed by atoms with Crippen molar-refractivity contribution in [3.8, 4) is 0 Å². The van der Waals surface area contributed by atoms with E-state index >= 15 is 0 Å². The van der Waals surface area contributed by atoms with Gasteiger partial charge in [0, 0.05) is 40.1 Å². The van der Waals surface area contributed by atoms with Gasteiger partial charge in [-0.3, -0.25) is 0 Å². The van der Waals surface area contributed by atoms with Gasteiger partial charge in [-0.2, -0.15) is 39.5 Å². The molecule has 3 aliphatic heterocycles. The Morgan fingerprint density at radius 1 is 0.507 bits per heavy atom. The Morgan fingerprint density at radius 2 is 0.957 bits per heavy atom. The summed E-state index contributed by atoms with van der Waals surface area (Å²) in [5, 5.41) is 12.8. The Balaban J connectivity index is 0.000000153. The average molecular weight is 1020 g/mol. The number of benzene rings is 3. The molecule has 0 aliphatic carbocycles. The quantitative estimate of drug-likeness (QED) is 0.119. The Morgan fingerprint density at radius 3 is 1.46 bits per heavy atom. The number of thiazole rings is 3. The van der Waals surface area contributed by atoms with Crippen LogP contribution in [0.25, 0.3) is 0 Å². The first-order valence-corrected chi connectivity index (χ1v) is 25.9. The molecule has 0 amide bonds. The highest BCUT2D eigenvalue weighted by Gasteiger charge is 2.32. The molecule has 69 heavy (non-hydrogen) atoms. The van der Waals surface area contributed by atoms with Crippen LogP contribution in [0.5, 0.6) is 0 Å². The summed E-state index contributed by atoms with van der Waals surface area (Å²) in [7, 11) is 0. The van der Waals surface area contributed by atoms with Crippen LogP contribution in [0.2, 0.25) is 0 Å². The van der Waals surface area contributed by atoms with Crippen LogP contribution in [0, 0.1) is 6.92 Å². The topological polar surface area (TPSA) is 74.8 Å². The molecular formula is C51H57F9N6S3. The van der Waals surface area contributed by atoms with Crippen LogP contribution in [-0.2, 0) is 44.2 Å². The van der Waals surface area contributed by atoms with Crippen molar-refractivity contribution in [1.82, 2.24) is 30.9 Å². The average Bonchev–Trinajstić information content (AvgIpc) is 4.08. The molecule has 6 heterocycles. The van der Waals surface area contributed by atoms with Crippen LogP contribution in [0.3, 0.4) is 0 Å². The molecule has 3 aliphatic rings. The Hall–Kier alpha value is -4.20. The van der Waals surface area contributed by atoms with Crippen molar-refractivity contribution in [2.75, 3.05) is 39.3 Å². The van der Waals surface area contributed by atoms with Gasteiger partial charge in [-0.25, -0.2) is 15.0 Å². The van der Waals surface area contributed by atoms with E-state index in [0.717, 1.165) is 140 Å². The van der Waals surface area contributed by atoms with Crippen molar-refractivity contribution < 1.29 is 39.5 Å². The zero-order chi connectivity index (χ0) is 49.2. The molecule has 3 N–H and O–H groups in total. The van der Waals surface area contributed by atoms with Crippen molar-refractivity contribution in [1.29, 1.82) is 0 Å². The van der Waals surface area contributed by atoms with E-state index in [2.05, 4.69) is 32.8 Å². The van der Waals surface area contributed by atoms with Gasteiger partial charge in [0.05, 0.1) is 43.1 Å². The molecule has 0 saturated carbocycles. The van der Waals surface area contributed by atoms with Gasteiger partial charge in [-0.1, -0.05) is 55.5 Å². The smallest absolute Gasteiger partial charge is 0.317 e. The first-order chi connectivity index (χ1) is 32.9. The van der Waals surface area contributed by atoms with Crippen LogP contribution >= 0.6 is 34.0 Å². The number of nitrogens with zero attached hydrogens (tertiary/aromatic N) is 3. The number of aryl methyl sites for hydroxylation is 2. The highest BCUT2D eigenvalue weighted by atomic mass is 32.1. The Kier molecular flexibility index (Phi) is 18.2. The largest absolute Gasteiger partial charge is 0.416 e. The standard InChI is InChI=1S/C18H21F3N2S.C17H19F3N2S.C16H17F3N2S/c1-2-15-17(13-7-9-22-10-8-13)24-16(23-15)11-12-3-5-14(6-4-12)18(19,20)21;1-11-16(13-5-7-21-8-6-13)23-15(22-11)10-12-3-2-4-14(9-12)17(18,19)20;17-16(18,19)13-3-1-2-11(8-13)9-15-21-10-14(22-15)12-4-6-20-7-5-12/h3-6,13,22H,2,7-11H2,1H3;2-4,9,13,21H,5-8,10H2,1H3;1-3,8,10,12,20H,4-7,9H2. The summed E-state index contributed by atoms with van der Waals surface area (Å²) in [6, 6.07) is 16.4. The number of aromatic nitrogens is 3. The maximum absolute atomic E-state index is 12.8. The number of piperidine rings is 3. The van der Waals surface area contributed by atoms with Crippen molar-refractivity contribution in [2.24, 2.45) is 0 Å². The molecule has 0 spiro atoms. The Labute approximate surface area is 409 Å². The van der Waals surface area contributed by atoms with Crippen LogP contribution < -0.4 is 16.0 Å². The van der Waals surface area contributed by atoms with Crippen molar-refractivity contribution >= 4 is 34.0 Å². The second-order valence-corrected chi connectivity index (χ2v) is 21.1. The molecule has 0 atom stereocenters. The lowest BCUT2D eigenvalue weighted by molar-refractivity contribution is -0.138. The van der Waals surface area contributed by atoms with Crippen LogP contribution in [-0.4, -0.2) is 54.2 Å². The minimum absolute atomic E-state index is 0.458. The minimum atomic E-state index is -4.30. The van der Waals surface area contributed by atoms with Gasteiger partial charge in [0.15, 0.2) is 0 Å². The first kappa shape index (κ1) is 52.6. The molecule has 18 heteroatoms. The summed E-state index contributed by atoms with van der Waals surface area (Å²) >= 11 is 5.02. The summed E-state index contributed by atoms with van der Waals surface area (Å²) in [6.45, 7) is 10.3. The molecule has 0 bridgehead atoms. The third-order valence-corrected chi connectivity index (χ3v) is 16.3. The fraction of sp³-hybridized carbons (Fsp3) is 0.471. The number of hydrogen-bond donors (Lipinski definition) is 3. The number of hydrogen-bond acceptors (Lipinski definition) is 9. The van der Waals surface area contributed by atoms with Gasteiger partial charge in [0.1, 0.15) is 0 Å². The summed E-state index contributed by atoms with van der Waals surface area (Å²) < 4.78 is 115. The summed E-state index contributed by atoms with van der Waals surface area (Å²) in [6.07, 6.45) is -1.88. The Bertz CT molecular complexity index is 2530. The number of nitrogens with one attached hydrogen (secondary N) is 3. The molecule has 3 saturated heterocycles. The maximum Gasteiger partial charge on any atom is 0.416 e. The maximum atomic E-state index is 12.8. The van der Waals surface area contributed by atoms with Crippen LogP contribution in [0.4, 0.5) is 39.5 Å². The third kappa shape index (κ3) is 15.2. The van der Waals surface area contributed by atoms with E-state index in [1.54, 1.807) is 58.3 Å². The third-order valence-electron chi connectivity index (χ3n) is 12.6. The predicted molar refractivity (Wildman–Crippen MR) is 258 cm³/mol. The lowest BCUT2D eigenvalue weighted by Gasteiger charge is -2.22. The lowest BCUT2D eigenvalue weighted by atomic mass is 9.95. The van der Waals surface area contributed by atoms with Gasteiger partial charge in [-0.05, 0) is 150 Å². The fourth-order valence-electron chi connectivity index (χ4n) is 8.90. The van der Waals surface area contributed by atoms with E-state index in [9.17, 15) is 39.5 Å². The molecule has 3 fully saturated rings. The highest BCUT2D eigenvalue weighted by Crippen LogP contribution is 2.37. The van der Waals surface area contributed by atoms with Crippen molar-refractivity contribution in [3.63, 3.8) is 0 Å². The predicted octanol–water partition coefficient (Wildman–Crippen LogP) is 13.5. The van der Waals surface area contributed by atoms with Gasteiger partial charge in [0.25, 0.3) is 0 Å². The molecule has 9 rings (SSSR count). The molecule has 0 radical (unpaired) electrons.